The SMILES string of the molecule is CN(C)C(=O)Oc1ccc(C(c2ccc(C#N)cc2)N2CCC(NC(=O)c3ccc(C#N)nc3)C2)cc1. The first-order valence-corrected chi connectivity index (χ1v) is 11.8. The molecule has 3 aromatic rings. The standard InChI is InChI=1S/C28H26N6O3/c1-33(2)28(36)37-25-11-8-21(9-12-25)26(20-5-3-19(15-29)4-6-20)34-14-13-24(18-34)32-27(35)22-7-10-23(16-30)31-17-22/h3-12,17,24,26H,13-14,18H2,1-2H3,(H,32,35). The number of rotatable bonds is 6. The van der Waals surface area contributed by atoms with Crippen LogP contribution in [0.5, 0.6) is 5.75 Å². The highest BCUT2D eigenvalue weighted by Crippen LogP contribution is 2.33. The molecule has 9 heteroatoms. The molecular weight excluding hydrogens is 468 g/mol. The van der Waals surface area contributed by atoms with Crippen molar-refractivity contribution in [1.29, 1.82) is 10.5 Å². The molecule has 0 saturated carbocycles. The molecule has 2 unspecified atom stereocenters. The molecule has 1 aliphatic rings. The first-order chi connectivity index (χ1) is 17.9. The Balaban J connectivity index is 1.52. The molecule has 0 spiro atoms. The number of aromatic nitrogens is 1. The van der Waals surface area contributed by atoms with E-state index in [1.54, 1.807) is 44.4 Å². The fraction of sp³-hybridized carbons (Fsp3) is 0.250. The summed E-state index contributed by atoms with van der Waals surface area (Å²) >= 11 is 0. The summed E-state index contributed by atoms with van der Waals surface area (Å²) in [6.07, 6.45) is 1.72. The van der Waals surface area contributed by atoms with Gasteiger partial charge in [-0.25, -0.2) is 9.78 Å². The van der Waals surface area contributed by atoms with Crippen molar-refractivity contribution in [2.45, 2.75) is 18.5 Å². The van der Waals surface area contributed by atoms with Crippen LogP contribution >= 0.6 is 0 Å². The van der Waals surface area contributed by atoms with Gasteiger partial charge in [0, 0.05) is 39.4 Å². The number of nitriles is 2. The quantitative estimate of drug-likeness (QED) is 0.557. The topological polar surface area (TPSA) is 122 Å². The van der Waals surface area contributed by atoms with Crippen LogP contribution in [0, 0.1) is 22.7 Å². The average Bonchev–Trinajstić information content (AvgIpc) is 3.37. The summed E-state index contributed by atoms with van der Waals surface area (Å²) in [5, 5.41) is 21.2. The van der Waals surface area contributed by atoms with Crippen LogP contribution < -0.4 is 10.1 Å². The van der Waals surface area contributed by atoms with Crippen LogP contribution in [0.1, 0.15) is 45.2 Å². The minimum Gasteiger partial charge on any atom is -0.410 e. The average molecular weight is 495 g/mol. The van der Waals surface area contributed by atoms with Gasteiger partial charge in [0.05, 0.1) is 23.2 Å². The Kier molecular flexibility index (Phi) is 7.77. The molecular formula is C28H26N6O3. The molecule has 0 radical (unpaired) electrons. The van der Waals surface area contributed by atoms with E-state index >= 15 is 0 Å². The minimum atomic E-state index is -0.452. The number of hydrogen-bond donors (Lipinski definition) is 1. The summed E-state index contributed by atoms with van der Waals surface area (Å²) < 4.78 is 5.36. The molecule has 0 aliphatic carbocycles. The van der Waals surface area contributed by atoms with Crippen molar-refractivity contribution >= 4 is 12.0 Å². The molecule has 2 heterocycles. The second-order valence-corrected chi connectivity index (χ2v) is 8.97. The van der Waals surface area contributed by atoms with Crippen LogP contribution in [-0.4, -0.2) is 60.0 Å². The fourth-order valence-electron chi connectivity index (χ4n) is 4.27. The van der Waals surface area contributed by atoms with Gasteiger partial charge in [0.15, 0.2) is 0 Å². The van der Waals surface area contributed by atoms with Crippen LogP contribution in [0.15, 0.2) is 66.9 Å². The third kappa shape index (κ3) is 6.10. The van der Waals surface area contributed by atoms with Crippen LogP contribution in [0.4, 0.5) is 4.79 Å². The van der Waals surface area contributed by atoms with Crippen LogP contribution in [-0.2, 0) is 0 Å². The normalized spacial score (nSPS) is 15.7. The van der Waals surface area contributed by atoms with E-state index in [0.29, 0.717) is 23.4 Å². The predicted octanol–water partition coefficient (Wildman–Crippen LogP) is 3.48. The number of nitrogens with one attached hydrogen (secondary N) is 1. The van der Waals surface area contributed by atoms with E-state index in [0.717, 1.165) is 24.1 Å². The molecule has 37 heavy (non-hydrogen) atoms. The van der Waals surface area contributed by atoms with Crippen molar-refractivity contribution < 1.29 is 14.3 Å². The maximum absolute atomic E-state index is 12.7. The Labute approximate surface area is 215 Å². The molecule has 1 fully saturated rings. The maximum atomic E-state index is 12.7. The zero-order chi connectivity index (χ0) is 26.4. The molecule has 1 aromatic heterocycles. The van der Waals surface area contributed by atoms with E-state index in [1.165, 1.54) is 17.2 Å². The number of benzene rings is 2. The van der Waals surface area contributed by atoms with Gasteiger partial charge in [0.25, 0.3) is 5.91 Å². The van der Waals surface area contributed by atoms with E-state index < -0.39 is 6.09 Å². The van der Waals surface area contributed by atoms with Crippen molar-refractivity contribution in [3.63, 3.8) is 0 Å². The van der Waals surface area contributed by atoms with Gasteiger partial charge in [-0.1, -0.05) is 24.3 Å². The maximum Gasteiger partial charge on any atom is 0.414 e. The third-order valence-corrected chi connectivity index (χ3v) is 6.18. The summed E-state index contributed by atoms with van der Waals surface area (Å²) in [5.41, 5.74) is 3.26. The van der Waals surface area contributed by atoms with Crippen molar-refractivity contribution in [2.75, 3.05) is 27.2 Å². The van der Waals surface area contributed by atoms with Crippen LogP contribution in [0.2, 0.25) is 0 Å². The Morgan fingerprint density at radius 3 is 2.27 bits per heavy atom. The van der Waals surface area contributed by atoms with Crippen molar-refractivity contribution in [2.24, 2.45) is 0 Å². The van der Waals surface area contributed by atoms with E-state index in [-0.39, 0.29) is 23.7 Å². The zero-order valence-electron chi connectivity index (χ0n) is 20.6. The minimum absolute atomic E-state index is 0.0654. The molecule has 2 amide bonds. The number of carbonyl (C=O) groups excluding carboxylic acids is 2. The van der Waals surface area contributed by atoms with E-state index in [2.05, 4.69) is 21.3 Å². The number of carbonyl (C=O) groups is 2. The summed E-state index contributed by atoms with van der Waals surface area (Å²) in [6, 6.07) is 21.9. The molecule has 2 aromatic carbocycles. The molecule has 4 rings (SSSR count). The Hall–Kier alpha value is -4.73. The van der Waals surface area contributed by atoms with Crippen molar-refractivity contribution in [1.82, 2.24) is 20.1 Å². The van der Waals surface area contributed by atoms with Crippen molar-refractivity contribution in [3.8, 4) is 17.9 Å². The Morgan fingerprint density at radius 1 is 1.03 bits per heavy atom. The molecule has 0 bridgehead atoms. The summed E-state index contributed by atoms with van der Waals surface area (Å²) in [6.45, 7) is 1.37. The number of hydrogen-bond acceptors (Lipinski definition) is 7. The fourth-order valence-corrected chi connectivity index (χ4v) is 4.27. The van der Waals surface area contributed by atoms with Gasteiger partial charge in [0.2, 0.25) is 0 Å². The lowest BCUT2D eigenvalue weighted by Gasteiger charge is -2.29. The Morgan fingerprint density at radius 2 is 1.70 bits per heavy atom. The van der Waals surface area contributed by atoms with Gasteiger partial charge in [0.1, 0.15) is 17.5 Å². The monoisotopic (exact) mass is 494 g/mol. The number of nitrogens with zero attached hydrogens (tertiary/aromatic N) is 5. The first-order valence-electron chi connectivity index (χ1n) is 11.8. The highest BCUT2D eigenvalue weighted by molar-refractivity contribution is 5.94. The summed E-state index contributed by atoms with van der Waals surface area (Å²) in [4.78, 5) is 32.2. The summed E-state index contributed by atoms with van der Waals surface area (Å²) in [7, 11) is 3.25. The number of ether oxygens (including phenoxy) is 1. The van der Waals surface area contributed by atoms with E-state index in [4.69, 9.17) is 10.00 Å². The molecule has 186 valence electrons. The van der Waals surface area contributed by atoms with E-state index in [9.17, 15) is 14.9 Å². The first kappa shape index (κ1) is 25.4. The van der Waals surface area contributed by atoms with Gasteiger partial charge in [-0.05, 0) is 53.9 Å². The highest BCUT2D eigenvalue weighted by Gasteiger charge is 2.31. The number of pyridine rings is 1. The second kappa shape index (κ2) is 11.3. The molecule has 1 N–H and O–H groups in total. The van der Waals surface area contributed by atoms with Gasteiger partial charge in [-0.2, -0.15) is 10.5 Å². The Bertz CT molecular complexity index is 1340. The largest absolute Gasteiger partial charge is 0.414 e. The van der Waals surface area contributed by atoms with Gasteiger partial charge >= 0.3 is 6.09 Å². The lowest BCUT2D eigenvalue weighted by Crippen LogP contribution is -2.38. The number of likely N-dealkylation sites (tertiary alicyclic amines) is 1. The lowest BCUT2D eigenvalue weighted by atomic mass is 9.96. The second-order valence-electron chi connectivity index (χ2n) is 8.97. The van der Waals surface area contributed by atoms with Gasteiger partial charge < -0.3 is 15.0 Å². The zero-order valence-corrected chi connectivity index (χ0v) is 20.6. The lowest BCUT2D eigenvalue weighted by molar-refractivity contribution is 0.0936. The van der Waals surface area contributed by atoms with Crippen molar-refractivity contribution in [3.05, 3.63) is 94.8 Å². The molecule has 1 saturated heterocycles. The molecule has 2 atom stereocenters. The smallest absolute Gasteiger partial charge is 0.410 e. The number of amides is 2. The van der Waals surface area contributed by atoms with Crippen LogP contribution in [0.25, 0.3) is 0 Å². The summed E-state index contributed by atoms with van der Waals surface area (Å²) in [5.74, 6) is 0.217. The molecule has 9 nitrogen and oxygen atoms in total. The molecule has 1 aliphatic heterocycles. The predicted molar refractivity (Wildman–Crippen MR) is 136 cm³/mol. The van der Waals surface area contributed by atoms with Gasteiger partial charge in [-0.15, -0.1) is 0 Å². The van der Waals surface area contributed by atoms with Crippen LogP contribution in [0.3, 0.4) is 0 Å². The van der Waals surface area contributed by atoms with E-state index in [1.807, 2.05) is 30.3 Å². The third-order valence-electron chi connectivity index (χ3n) is 6.18. The van der Waals surface area contributed by atoms with Gasteiger partial charge in [-0.3, -0.25) is 9.69 Å². The highest BCUT2D eigenvalue weighted by atomic mass is 16.6.